The van der Waals surface area contributed by atoms with Crippen LogP contribution in [0, 0.1) is 0 Å². The molecule has 36 valence electrons. The predicted molar refractivity (Wildman–Crippen MR) is 27.1 cm³/mol. The number of rotatable bonds is 0. The van der Waals surface area contributed by atoms with E-state index in [1.165, 1.54) is 18.1 Å². The van der Waals surface area contributed by atoms with Gasteiger partial charge in [-0.3, -0.25) is 0 Å². The molecule has 1 fully saturated rings. The average molecular weight is 148 g/mol. The van der Waals surface area contributed by atoms with Crippen molar-refractivity contribution in [1.29, 1.82) is 0 Å². The second-order valence-electron chi connectivity index (χ2n) is 1.45. The second kappa shape index (κ2) is 2.65. The van der Waals surface area contributed by atoms with Gasteiger partial charge in [-0.1, -0.05) is 0 Å². The molecule has 1 aliphatic rings. The Balaban J connectivity index is 2.00. The summed E-state index contributed by atoms with van der Waals surface area (Å²) in [4.78, 5) is 0. The molecule has 1 nitrogen and oxygen atoms in total. The standard InChI is InChI=1S/C4H9AsO/c1-2-4-6-5-3-1/h5H,1-4H2. The zero-order valence-electron chi connectivity index (χ0n) is 3.74. The fourth-order valence-electron chi connectivity index (χ4n) is 0.516. The van der Waals surface area contributed by atoms with E-state index in [0.717, 1.165) is 6.61 Å². The Bertz CT molecular complexity index is 23.0. The summed E-state index contributed by atoms with van der Waals surface area (Å²) in [5.41, 5.74) is 0. The molecule has 1 saturated heterocycles. The third kappa shape index (κ3) is 1.32. The van der Waals surface area contributed by atoms with Crippen LogP contribution in [-0.4, -0.2) is 22.7 Å². The Labute approximate surface area is 45.1 Å². The predicted octanol–water partition coefficient (Wildman–Crippen LogP) is 0.567. The molecule has 1 rings (SSSR count). The van der Waals surface area contributed by atoms with Gasteiger partial charge in [-0.25, -0.2) is 0 Å². The Kier molecular flexibility index (Phi) is 2.06. The summed E-state index contributed by atoms with van der Waals surface area (Å²) in [5.74, 6) is 0. The first-order valence-electron chi connectivity index (χ1n) is 2.35. The molecular formula is C4H9AsO. The minimum absolute atomic E-state index is 0.108. The van der Waals surface area contributed by atoms with Gasteiger partial charge in [-0.2, -0.15) is 0 Å². The van der Waals surface area contributed by atoms with Crippen molar-refractivity contribution < 1.29 is 3.73 Å². The molecule has 1 atom stereocenters. The van der Waals surface area contributed by atoms with Gasteiger partial charge in [0, 0.05) is 0 Å². The van der Waals surface area contributed by atoms with Crippen molar-refractivity contribution in [2.45, 2.75) is 18.1 Å². The van der Waals surface area contributed by atoms with E-state index >= 15 is 0 Å². The van der Waals surface area contributed by atoms with Gasteiger partial charge < -0.3 is 0 Å². The van der Waals surface area contributed by atoms with E-state index in [2.05, 4.69) is 0 Å². The van der Waals surface area contributed by atoms with E-state index in [0.29, 0.717) is 0 Å². The maximum atomic E-state index is 5.19. The first-order chi connectivity index (χ1) is 3.00. The van der Waals surface area contributed by atoms with Crippen LogP contribution in [0.4, 0.5) is 0 Å². The van der Waals surface area contributed by atoms with Gasteiger partial charge in [0.2, 0.25) is 0 Å². The molecule has 0 radical (unpaired) electrons. The van der Waals surface area contributed by atoms with Crippen LogP contribution in [0.5, 0.6) is 0 Å². The first kappa shape index (κ1) is 4.67. The summed E-state index contributed by atoms with van der Waals surface area (Å²) >= 11 is 0.108. The van der Waals surface area contributed by atoms with Crippen molar-refractivity contribution in [3.63, 3.8) is 0 Å². The third-order valence-corrected chi connectivity index (χ3v) is 2.90. The molecule has 0 amide bonds. The van der Waals surface area contributed by atoms with Crippen LogP contribution in [0.25, 0.3) is 0 Å². The van der Waals surface area contributed by atoms with E-state index in [9.17, 15) is 0 Å². The normalized spacial score (nSPS) is 28.0. The van der Waals surface area contributed by atoms with Gasteiger partial charge in [-0.15, -0.1) is 0 Å². The van der Waals surface area contributed by atoms with Gasteiger partial charge in [0.15, 0.2) is 0 Å². The van der Waals surface area contributed by atoms with E-state index in [1.54, 1.807) is 0 Å². The van der Waals surface area contributed by atoms with Crippen molar-refractivity contribution in [3.05, 3.63) is 0 Å². The molecule has 6 heavy (non-hydrogen) atoms. The molecular weight excluding hydrogens is 139 g/mol. The second-order valence-corrected chi connectivity index (χ2v) is 3.71. The molecule has 0 saturated carbocycles. The van der Waals surface area contributed by atoms with Crippen LogP contribution in [0.1, 0.15) is 12.8 Å². The van der Waals surface area contributed by atoms with Gasteiger partial charge in [0.1, 0.15) is 0 Å². The molecule has 1 aliphatic heterocycles. The summed E-state index contributed by atoms with van der Waals surface area (Å²) in [5, 5.41) is 1.40. The molecule has 0 bridgehead atoms. The summed E-state index contributed by atoms with van der Waals surface area (Å²) in [6.45, 7) is 1.06. The minimum atomic E-state index is 0.108. The molecule has 0 aliphatic carbocycles. The Morgan fingerprint density at radius 3 is 2.50 bits per heavy atom. The summed E-state index contributed by atoms with van der Waals surface area (Å²) in [6.07, 6.45) is 2.74. The molecule has 0 N–H and O–H groups in total. The number of hydrogen-bond donors (Lipinski definition) is 0. The fraction of sp³-hybridized carbons (Fsp3) is 1.00. The van der Waals surface area contributed by atoms with E-state index < -0.39 is 0 Å². The summed E-state index contributed by atoms with van der Waals surface area (Å²) in [6, 6.07) is 0. The van der Waals surface area contributed by atoms with Crippen LogP contribution in [0.2, 0.25) is 5.21 Å². The molecule has 1 unspecified atom stereocenters. The fourth-order valence-corrected chi connectivity index (χ4v) is 2.25. The quantitative estimate of drug-likeness (QED) is 0.456. The van der Waals surface area contributed by atoms with Crippen LogP contribution in [-0.2, 0) is 3.73 Å². The van der Waals surface area contributed by atoms with Gasteiger partial charge in [-0.05, 0) is 0 Å². The summed E-state index contributed by atoms with van der Waals surface area (Å²) < 4.78 is 5.19. The maximum absolute atomic E-state index is 5.19. The topological polar surface area (TPSA) is 9.23 Å². The van der Waals surface area contributed by atoms with Crippen molar-refractivity contribution in [3.8, 4) is 0 Å². The molecule has 0 aromatic carbocycles. The Morgan fingerprint density at radius 2 is 2.33 bits per heavy atom. The van der Waals surface area contributed by atoms with Crippen molar-refractivity contribution in [2.24, 2.45) is 0 Å². The van der Waals surface area contributed by atoms with E-state index in [-0.39, 0.29) is 16.1 Å². The van der Waals surface area contributed by atoms with E-state index in [4.69, 9.17) is 3.73 Å². The Hall–Kier alpha value is 0.518. The zero-order valence-corrected chi connectivity index (χ0v) is 5.83. The van der Waals surface area contributed by atoms with Crippen LogP contribution < -0.4 is 0 Å². The molecule has 0 aromatic rings. The molecule has 0 aromatic heterocycles. The van der Waals surface area contributed by atoms with Gasteiger partial charge >= 0.3 is 44.5 Å². The number of hydrogen-bond acceptors (Lipinski definition) is 1. The van der Waals surface area contributed by atoms with Gasteiger partial charge in [0.25, 0.3) is 0 Å². The van der Waals surface area contributed by atoms with Crippen LogP contribution >= 0.6 is 0 Å². The van der Waals surface area contributed by atoms with E-state index in [1.807, 2.05) is 0 Å². The molecule has 0 spiro atoms. The molecule has 2 heteroatoms. The zero-order chi connectivity index (χ0) is 4.24. The van der Waals surface area contributed by atoms with Crippen molar-refractivity contribution in [1.82, 2.24) is 0 Å². The monoisotopic (exact) mass is 148 g/mol. The van der Waals surface area contributed by atoms with Crippen molar-refractivity contribution in [2.75, 3.05) is 6.61 Å². The van der Waals surface area contributed by atoms with Crippen LogP contribution in [0.3, 0.4) is 0 Å². The average Bonchev–Trinajstić information content (AvgIpc) is 1.72. The van der Waals surface area contributed by atoms with Gasteiger partial charge in [0.05, 0.1) is 0 Å². The summed E-state index contributed by atoms with van der Waals surface area (Å²) in [7, 11) is 0. The van der Waals surface area contributed by atoms with Crippen molar-refractivity contribution >= 4 is 16.1 Å². The first-order valence-corrected chi connectivity index (χ1v) is 4.69. The Morgan fingerprint density at radius 1 is 1.33 bits per heavy atom. The SMILES string of the molecule is C1CC[AsH]OC1. The molecule has 1 heterocycles. The van der Waals surface area contributed by atoms with Crippen LogP contribution in [0.15, 0.2) is 0 Å². The third-order valence-electron chi connectivity index (χ3n) is 0.877.